The molecule has 0 fully saturated rings. The van der Waals surface area contributed by atoms with Crippen LogP contribution in [0.3, 0.4) is 0 Å². The number of rotatable bonds is 10. The highest BCUT2D eigenvalue weighted by molar-refractivity contribution is 7.98. The lowest BCUT2D eigenvalue weighted by Gasteiger charge is -2.18. The zero-order valence-electron chi connectivity index (χ0n) is 21.9. The summed E-state index contributed by atoms with van der Waals surface area (Å²) >= 11 is 1.54. The Bertz CT molecular complexity index is 1500. The lowest BCUT2D eigenvalue weighted by atomic mass is 10.00. The van der Waals surface area contributed by atoms with Crippen LogP contribution in [0, 0.1) is 6.92 Å². The third kappa shape index (κ3) is 7.00. The summed E-state index contributed by atoms with van der Waals surface area (Å²) in [4.78, 5) is 38.0. The monoisotopic (exact) mass is 547 g/mol. The molecule has 1 aromatic heterocycles. The van der Waals surface area contributed by atoms with Gasteiger partial charge in [0.05, 0.1) is 7.11 Å². The van der Waals surface area contributed by atoms with Crippen LogP contribution in [0.4, 0.5) is 4.79 Å². The van der Waals surface area contributed by atoms with Gasteiger partial charge in [0.25, 0.3) is 0 Å². The number of methoxy groups -OCH3 is 1. The van der Waals surface area contributed by atoms with Gasteiger partial charge in [0, 0.05) is 17.0 Å². The molecule has 1 atom stereocenters. The smallest absolute Gasteiger partial charge is 0.408 e. The van der Waals surface area contributed by atoms with Crippen LogP contribution < -0.4 is 20.4 Å². The number of hydrogen-bond acceptors (Lipinski definition) is 8. The van der Waals surface area contributed by atoms with Gasteiger partial charge in [-0.25, -0.2) is 14.4 Å². The largest absolute Gasteiger partial charge is 0.497 e. The average Bonchev–Trinajstić information content (AvgIpc) is 2.96. The van der Waals surface area contributed by atoms with E-state index in [1.165, 1.54) is 6.07 Å². The van der Waals surface area contributed by atoms with E-state index in [0.717, 1.165) is 11.1 Å². The first kappa shape index (κ1) is 27.8. The molecular formula is C30H29NO7S. The summed E-state index contributed by atoms with van der Waals surface area (Å²) in [6.45, 7) is 1.79. The number of esters is 1. The number of amides is 1. The van der Waals surface area contributed by atoms with Crippen molar-refractivity contribution in [2.45, 2.75) is 26.0 Å². The Morgan fingerprint density at radius 1 is 1.03 bits per heavy atom. The zero-order valence-corrected chi connectivity index (χ0v) is 22.7. The van der Waals surface area contributed by atoms with Crippen molar-refractivity contribution < 1.29 is 28.2 Å². The minimum absolute atomic E-state index is 0.0797. The van der Waals surface area contributed by atoms with Crippen molar-refractivity contribution in [3.05, 3.63) is 94.3 Å². The molecule has 0 bridgehead atoms. The first-order valence-electron chi connectivity index (χ1n) is 12.3. The molecule has 0 spiro atoms. The maximum absolute atomic E-state index is 13.1. The predicted octanol–water partition coefficient (Wildman–Crippen LogP) is 5.73. The van der Waals surface area contributed by atoms with Crippen LogP contribution in [-0.2, 0) is 16.1 Å². The number of fused-ring (bicyclic) bond motifs is 1. The molecule has 0 radical (unpaired) electrons. The van der Waals surface area contributed by atoms with E-state index in [2.05, 4.69) is 5.32 Å². The molecule has 1 unspecified atom stereocenters. The van der Waals surface area contributed by atoms with E-state index in [1.54, 1.807) is 37.9 Å². The molecule has 9 heteroatoms. The van der Waals surface area contributed by atoms with Gasteiger partial charge in [0.1, 0.15) is 29.7 Å². The summed E-state index contributed by atoms with van der Waals surface area (Å²) < 4.78 is 21.7. The molecule has 4 aromatic rings. The number of carbonyl (C=O) groups excluding carboxylic acids is 2. The van der Waals surface area contributed by atoms with Gasteiger partial charge in [-0.2, -0.15) is 11.8 Å². The van der Waals surface area contributed by atoms with Gasteiger partial charge in [-0.15, -0.1) is 0 Å². The quantitative estimate of drug-likeness (QED) is 0.153. The van der Waals surface area contributed by atoms with Crippen LogP contribution in [0.15, 0.2) is 82.0 Å². The number of alkyl carbamates (subject to hydrolysis) is 1. The standard InChI is InChI=1S/C30H29NO7S/c1-19-26(14-13-23-24(17-27(32)38-28(19)23)21-9-11-22(35-2)12-10-21)37-29(33)25(15-16-39-3)31-30(34)36-18-20-7-5-4-6-8-20/h4-14,17,25H,15-16,18H2,1-3H3,(H,31,34). The van der Waals surface area contributed by atoms with Crippen LogP contribution in [-0.4, -0.2) is 37.2 Å². The number of carbonyl (C=O) groups is 2. The van der Waals surface area contributed by atoms with E-state index in [-0.39, 0.29) is 12.4 Å². The van der Waals surface area contributed by atoms with Crippen molar-refractivity contribution >= 4 is 34.8 Å². The Hall–Kier alpha value is -4.24. The third-order valence-corrected chi connectivity index (χ3v) is 6.77. The fourth-order valence-corrected chi connectivity index (χ4v) is 4.51. The molecule has 0 saturated carbocycles. The first-order valence-corrected chi connectivity index (χ1v) is 13.7. The van der Waals surface area contributed by atoms with E-state index < -0.39 is 23.7 Å². The van der Waals surface area contributed by atoms with E-state index in [1.807, 2.05) is 60.9 Å². The molecule has 202 valence electrons. The Labute approximate surface area is 230 Å². The van der Waals surface area contributed by atoms with E-state index in [4.69, 9.17) is 18.6 Å². The fourth-order valence-electron chi connectivity index (χ4n) is 4.03. The van der Waals surface area contributed by atoms with Crippen LogP contribution in [0.25, 0.3) is 22.1 Å². The topological polar surface area (TPSA) is 104 Å². The zero-order chi connectivity index (χ0) is 27.8. The van der Waals surface area contributed by atoms with Gasteiger partial charge in [-0.3, -0.25) is 0 Å². The van der Waals surface area contributed by atoms with Crippen molar-refractivity contribution in [2.24, 2.45) is 0 Å². The van der Waals surface area contributed by atoms with Gasteiger partial charge < -0.3 is 23.9 Å². The van der Waals surface area contributed by atoms with Crippen LogP contribution in [0.5, 0.6) is 11.5 Å². The highest BCUT2D eigenvalue weighted by atomic mass is 32.2. The summed E-state index contributed by atoms with van der Waals surface area (Å²) in [6.07, 6.45) is 1.54. The second-order valence-electron chi connectivity index (χ2n) is 8.73. The molecule has 0 aliphatic carbocycles. The van der Waals surface area contributed by atoms with Crippen molar-refractivity contribution in [3.63, 3.8) is 0 Å². The molecule has 3 aromatic carbocycles. The summed E-state index contributed by atoms with van der Waals surface area (Å²) in [7, 11) is 1.59. The maximum atomic E-state index is 13.1. The number of benzene rings is 3. The summed E-state index contributed by atoms with van der Waals surface area (Å²) in [5.41, 5.74) is 2.61. The number of thioether (sulfide) groups is 1. The van der Waals surface area contributed by atoms with E-state index in [0.29, 0.717) is 40.0 Å². The molecule has 0 aliphatic rings. The van der Waals surface area contributed by atoms with Gasteiger partial charge in [-0.05, 0) is 66.3 Å². The number of aryl methyl sites for hydroxylation is 1. The SMILES string of the molecule is COc1ccc(-c2cc(=O)oc3c(C)c(OC(=O)C(CCSC)NC(=O)OCc4ccccc4)ccc23)cc1. The molecule has 1 N–H and O–H groups in total. The maximum Gasteiger partial charge on any atom is 0.408 e. The molecule has 1 amide bonds. The van der Waals surface area contributed by atoms with Gasteiger partial charge >= 0.3 is 17.7 Å². The molecule has 4 rings (SSSR count). The molecule has 0 saturated heterocycles. The molecular weight excluding hydrogens is 518 g/mol. The fraction of sp³-hybridized carbons (Fsp3) is 0.233. The van der Waals surface area contributed by atoms with Gasteiger partial charge in [0.15, 0.2) is 0 Å². The summed E-state index contributed by atoms with van der Waals surface area (Å²) in [5, 5.41) is 3.31. The molecule has 39 heavy (non-hydrogen) atoms. The number of nitrogens with one attached hydrogen (secondary N) is 1. The van der Waals surface area contributed by atoms with Crippen LogP contribution in [0.1, 0.15) is 17.5 Å². The van der Waals surface area contributed by atoms with Gasteiger partial charge in [-0.1, -0.05) is 42.5 Å². The summed E-state index contributed by atoms with van der Waals surface area (Å²) in [5.74, 6) is 0.910. The normalized spacial score (nSPS) is 11.6. The molecule has 8 nitrogen and oxygen atoms in total. The van der Waals surface area contributed by atoms with Crippen molar-refractivity contribution in [1.29, 1.82) is 0 Å². The number of hydrogen-bond donors (Lipinski definition) is 1. The Kier molecular flexibility index (Phi) is 9.27. The first-order chi connectivity index (χ1) is 18.9. The number of ether oxygens (including phenoxy) is 3. The Morgan fingerprint density at radius 3 is 2.46 bits per heavy atom. The van der Waals surface area contributed by atoms with Crippen LogP contribution in [0.2, 0.25) is 0 Å². The van der Waals surface area contributed by atoms with Crippen molar-refractivity contribution in [2.75, 3.05) is 19.1 Å². The second kappa shape index (κ2) is 13.0. The minimum Gasteiger partial charge on any atom is -0.497 e. The lowest BCUT2D eigenvalue weighted by Crippen LogP contribution is -2.43. The average molecular weight is 548 g/mol. The molecule has 0 aliphatic heterocycles. The van der Waals surface area contributed by atoms with E-state index in [9.17, 15) is 14.4 Å². The Balaban J connectivity index is 1.54. The highest BCUT2D eigenvalue weighted by Gasteiger charge is 2.25. The van der Waals surface area contributed by atoms with Crippen molar-refractivity contribution in [3.8, 4) is 22.6 Å². The Morgan fingerprint density at radius 2 is 1.77 bits per heavy atom. The van der Waals surface area contributed by atoms with Gasteiger partial charge in [0.2, 0.25) is 0 Å². The lowest BCUT2D eigenvalue weighted by molar-refractivity contribution is -0.136. The predicted molar refractivity (Wildman–Crippen MR) is 151 cm³/mol. The minimum atomic E-state index is -0.923. The van der Waals surface area contributed by atoms with Crippen LogP contribution >= 0.6 is 11.8 Å². The summed E-state index contributed by atoms with van der Waals surface area (Å²) in [6, 6.07) is 20.5. The van der Waals surface area contributed by atoms with E-state index >= 15 is 0 Å². The molecule has 1 heterocycles. The highest BCUT2D eigenvalue weighted by Crippen LogP contribution is 2.34. The third-order valence-electron chi connectivity index (χ3n) is 6.12. The second-order valence-corrected chi connectivity index (χ2v) is 9.72. The van der Waals surface area contributed by atoms with Crippen molar-refractivity contribution in [1.82, 2.24) is 5.32 Å².